The molecule has 158 valence electrons. The molecule has 0 aliphatic rings. The fraction of sp³-hybridized carbons (Fsp3) is 0.333. The van der Waals surface area contributed by atoms with Gasteiger partial charge in [0.05, 0.1) is 36.4 Å². The second kappa shape index (κ2) is 9.59. The predicted molar refractivity (Wildman–Crippen MR) is 119 cm³/mol. The minimum atomic E-state index is -0.0203. The van der Waals surface area contributed by atoms with Crippen LogP contribution in [0.4, 0.5) is 5.69 Å². The topological polar surface area (TPSA) is 60.6 Å². The fourth-order valence-corrected chi connectivity index (χ4v) is 3.50. The lowest BCUT2D eigenvalue weighted by Crippen LogP contribution is -3.08. The molecule has 0 radical (unpaired) electrons. The lowest BCUT2D eigenvalue weighted by molar-refractivity contribution is -0.885. The van der Waals surface area contributed by atoms with E-state index in [9.17, 15) is 4.79 Å². The lowest BCUT2D eigenvalue weighted by atomic mass is 10.2. The van der Waals surface area contributed by atoms with Gasteiger partial charge in [-0.25, -0.2) is 4.68 Å². The van der Waals surface area contributed by atoms with Gasteiger partial charge in [0.1, 0.15) is 12.3 Å². The number of carbonyl (C=O) groups excluding carboxylic acids is 1. The van der Waals surface area contributed by atoms with Crippen molar-refractivity contribution < 1.29 is 14.4 Å². The van der Waals surface area contributed by atoms with Crippen molar-refractivity contribution in [1.29, 1.82) is 0 Å². The molecule has 30 heavy (non-hydrogen) atoms. The molecular formula is C24H31N4O2+. The van der Waals surface area contributed by atoms with Crippen LogP contribution in [-0.4, -0.2) is 35.9 Å². The van der Waals surface area contributed by atoms with Gasteiger partial charge in [-0.3, -0.25) is 4.79 Å². The average Bonchev–Trinajstić information content (AvgIpc) is 2.98. The first-order valence-electron chi connectivity index (χ1n) is 10.3. The Morgan fingerprint density at radius 1 is 1.07 bits per heavy atom. The van der Waals surface area contributed by atoms with Gasteiger partial charge in [-0.1, -0.05) is 17.7 Å². The Balaban J connectivity index is 1.62. The van der Waals surface area contributed by atoms with Crippen molar-refractivity contribution >= 4 is 11.6 Å². The minimum absolute atomic E-state index is 0.0203. The van der Waals surface area contributed by atoms with Gasteiger partial charge in [-0.05, 0) is 64.1 Å². The molecule has 0 fully saturated rings. The predicted octanol–water partition coefficient (Wildman–Crippen LogP) is 2.85. The van der Waals surface area contributed by atoms with Crippen molar-refractivity contribution in [1.82, 2.24) is 9.78 Å². The Kier molecular flexibility index (Phi) is 6.90. The molecule has 2 N–H and O–H groups in total. The van der Waals surface area contributed by atoms with Crippen LogP contribution in [0.2, 0.25) is 0 Å². The van der Waals surface area contributed by atoms with Crippen molar-refractivity contribution in [2.24, 2.45) is 0 Å². The molecule has 1 amide bonds. The Bertz CT molecular complexity index is 991. The van der Waals surface area contributed by atoms with E-state index in [2.05, 4.69) is 29.5 Å². The van der Waals surface area contributed by atoms with E-state index in [1.165, 1.54) is 11.1 Å². The van der Waals surface area contributed by atoms with E-state index in [1.54, 1.807) is 0 Å². The number of aromatic nitrogens is 2. The molecule has 1 aromatic heterocycles. The highest BCUT2D eigenvalue weighted by atomic mass is 16.5. The third-order valence-corrected chi connectivity index (χ3v) is 5.04. The van der Waals surface area contributed by atoms with E-state index in [-0.39, 0.29) is 5.91 Å². The summed E-state index contributed by atoms with van der Waals surface area (Å²) in [5.41, 5.74) is 5.88. The molecule has 1 heterocycles. The molecular weight excluding hydrogens is 376 g/mol. The number of carbonyl (C=O) groups is 1. The summed E-state index contributed by atoms with van der Waals surface area (Å²) in [7, 11) is 2.02. The van der Waals surface area contributed by atoms with Gasteiger partial charge in [0.25, 0.3) is 5.91 Å². The number of hydrogen-bond donors (Lipinski definition) is 2. The number of hydrogen-bond acceptors (Lipinski definition) is 3. The summed E-state index contributed by atoms with van der Waals surface area (Å²) in [5.74, 6) is 0.848. The zero-order chi connectivity index (χ0) is 21.7. The van der Waals surface area contributed by atoms with Gasteiger partial charge < -0.3 is 15.0 Å². The highest BCUT2D eigenvalue weighted by molar-refractivity contribution is 5.92. The second-order valence-corrected chi connectivity index (χ2v) is 7.73. The van der Waals surface area contributed by atoms with Crippen LogP contribution in [0.5, 0.6) is 5.75 Å². The molecule has 0 spiro atoms. The van der Waals surface area contributed by atoms with Crippen LogP contribution in [0, 0.1) is 20.8 Å². The van der Waals surface area contributed by atoms with E-state index in [0.29, 0.717) is 13.2 Å². The number of aryl methyl sites for hydroxylation is 2. The summed E-state index contributed by atoms with van der Waals surface area (Å²) < 4.78 is 7.36. The van der Waals surface area contributed by atoms with E-state index in [4.69, 9.17) is 4.74 Å². The Hall–Kier alpha value is -3.12. The number of anilines is 1. The van der Waals surface area contributed by atoms with Crippen molar-refractivity contribution in [3.63, 3.8) is 0 Å². The van der Waals surface area contributed by atoms with E-state index in [0.717, 1.165) is 40.0 Å². The molecule has 1 atom stereocenters. The largest absolute Gasteiger partial charge is 0.494 e. The van der Waals surface area contributed by atoms with Crippen molar-refractivity contribution in [3.8, 4) is 11.4 Å². The van der Waals surface area contributed by atoms with Gasteiger partial charge >= 0.3 is 0 Å². The Morgan fingerprint density at radius 2 is 1.73 bits per heavy atom. The van der Waals surface area contributed by atoms with Crippen LogP contribution in [-0.2, 0) is 11.3 Å². The monoisotopic (exact) mass is 407 g/mol. The van der Waals surface area contributed by atoms with Gasteiger partial charge in [-0.2, -0.15) is 5.10 Å². The van der Waals surface area contributed by atoms with Crippen molar-refractivity contribution in [3.05, 3.63) is 71.0 Å². The maximum absolute atomic E-state index is 12.7. The summed E-state index contributed by atoms with van der Waals surface area (Å²) in [6, 6.07) is 16.2. The first-order valence-corrected chi connectivity index (χ1v) is 10.3. The normalized spacial score (nSPS) is 11.9. The maximum Gasteiger partial charge on any atom is 0.279 e. The van der Waals surface area contributed by atoms with E-state index in [1.807, 2.05) is 68.9 Å². The highest BCUT2D eigenvalue weighted by Crippen LogP contribution is 2.22. The molecule has 1 unspecified atom stereocenters. The lowest BCUT2D eigenvalue weighted by Gasteiger charge is -2.14. The first kappa shape index (κ1) is 21.6. The highest BCUT2D eigenvalue weighted by Gasteiger charge is 2.17. The number of nitrogens with one attached hydrogen (secondary N) is 2. The molecule has 0 saturated heterocycles. The average molecular weight is 408 g/mol. The molecule has 0 bridgehead atoms. The quantitative estimate of drug-likeness (QED) is 0.604. The molecule has 3 aromatic rings. The van der Waals surface area contributed by atoms with Gasteiger partial charge in [0, 0.05) is 5.56 Å². The molecule has 0 aliphatic heterocycles. The third-order valence-electron chi connectivity index (χ3n) is 5.04. The third kappa shape index (κ3) is 5.27. The maximum atomic E-state index is 12.7. The van der Waals surface area contributed by atoms with Gasteiger partial charge in [0.2, 0.25) is 0 Å². The standard InChI is InChI=1S/C24H30N4O2/c1-6-30-22-13-9-20(10-14-22)15-27(5)16-23(29)25-24-18(3)26-28(19(24)4)21-11-7-17(2)8-12-21/h7-14H,6,15-16H2,1-5H3,(H,25,29)/p+1. The van der Waals surface area contributed by atoms with E-state index < -0.39 is 0 Å². The molecule has 2 aromatic carbocycles. The summed E-state index contributed by atoms with van der Waals surface area (Å²) in [4.78, 5) is 13.8. The molecule has 0 saturated carbocycles. The van der Waals surface area contributed by atoms with Crippen LogP contribution >= 0.6 is 0 Å². The number of benzene rings is 2. The van der Waals surface area contributed by atoms with Crippen molar-refractivity contribution in [2.45, 2.75) is 34.2 Å². The number of nitrogens with zero attached hydrogens (tertiary/aromatic N) is 2. The number of quaternary nitrogens is 1. The van der Waals surface area contributed by atoms with Gasteiger partial charge in [0.15, 0.2) is 6.54 Å². The second-order valence-electron chi connectivity index (χ2n) is 7.73. The van der Waals surface area contributed by atoms with Crippen LogP contribution in [0.25, 0.3) is 5.69 Å². The number of rotatable bonds is 8. The summed E-state index contributed by atoms with van der Waals surface area (Å²) in [6.45, 7) is 9.73. The summed E-state index contributed by atoms with van der Waals surface area (Å²) in [6.07, 6.45) is 0. The summed E-state index contributed by atoms with van der Waals surface area (Å²) >= 11 is 0. The fourth-order valence-electron chi connectivity index (χ4n) is 3.50. The molecule has 0 aliphatic carbocycles. The zero-order valence-corrected chi connectivity index (χ0v) is 18.5. The van der Waals surface area contributed by atoms with E-state index >= 15 is 0 Å². The SMILES string of the molecule is CCOc1ccc(C[NH+](C)CC(=O)Nc2c(C)nn(-c3ccc(C)cc3)c2C)cc1. The number of amides is 1. The van der Waals surface area contributed by atoms with Crippen LogP contribution in [0.15, 0.2) is 48.5 Å². The number of likely N-dealkylation sites (N-methyl/N-ethyl adjacent to an activating group) is 1. The van der Waals surface area contributed by atoms with Crippen LogP contribution in [0.3, 0.4) is 0 Å². The smallest absolute Gasteiger partial charge is 0.279 e. The number of ether oxygens (including phenoxy) is 1. The van der Waals surface area contributed by atoms with Crippen LogP contribution in [0.1, 0.15) is 29.4 Å². The van der Waals surface area contributed by atoms with Crippen LogP contribution < -0.4 is 15.0 Å². The van der Waals surface area contributed by atoms with Gasteiger partial charge in [-0.15, -0.1) is 0 Å². The zero-order valence-electron chi connectivity index (χ0n) is 18.5. The first-order chi connectivity index (χ1) is 14.4. The minimum Gasteiger partial charge on any atom is -0.494 e. The Labute approximate surface area is 178 Å². The molecule has 6 nitrogen and oxygen atoms in total. The molecule has 3 rings (SSSR count). The van der Waals surface area contributed by atoms with Crippen molar-refractivity contribution in [2.75, 3.05) is 25.5 Å². The molecule has 6 heteroatoms. The Morgan fingerprint density at radius 3 is 2.37 bits per heavy atom. The summed E-state index contributed by atoms with van der Waals surface area (Å²) in [5, 5.41) is 7.68.